The Balaban J connectivity index is 2.86. The summed E-state index contributed by atoms with van der Waals surface area (Å²) in [4.78, 5) is 0. The number of benzene rings is 1. The van der Waals surface area contributed by atoms with Gasteiger partial charge in [-0.1, -0.05) is 51.0 Å². The van der Waals surface area contributed by atoms with Crippen molar-refractivity contribution in [3.63, 3.8) is 0 Å². The maximum atomic E-state index is 3.70. The standard InChI is InChI=1S/C19H33N/c1-7-16(8-2)13-17(14-20-19(4,5)6)18-12-10-9-11-15(18)3/h9-12,16-17,20H,7-8,13-14H2,1-6H3. The lowest BCUT2D eigenvalue weighted by atomic mass is 9.84. The molecule has 1 rings (SSSR count). The van der Waals surface area contributed by atoms with E-state index >= 15 is 0 Å². The fourth-order valence-electron chi connectivity index (χ4n) is 2.82. The molecule has 1 nitrogen and oxygen atoms in total. The summed E-state index contributed by atoms with van der Waals surface area (Å²) >= 11 is 0. The molecule has 0 aromatic heterocycles. The largest absolute Gasteiger partial charge is 0.311 e. The zero-order valence-corrected chi connectivity index (χ0v) is 14.3. The highest BCUT2D eigenvalue weighted by Gasteiger charge is 2.20. The van der Waals surface area contributed by atoms with Gasteiger partial charge in [-0.2, -0.15) is 0 Å². The van der Waals surface area contributed by atoms with Crippen LogP contribution in [0.1, 0.15) is 70.9 Å². The molecule has 1 N–H and O–H groups in total. The van der Waals surface area contributed by atoms with E-state index in [4.69, 9.17) is 0 Å². The zero-order valence-electron chi connectivity index (χ0n) is 14.3. The van der Waals surface area contributed by atoms with Gasteiger partial charge in [-0.25, -0.2) is 0 Å². The van der Waals surface area contributed by atoms with E-state index in [1.807, 2.05) is 0 Å². The number of hydrogen-bond donors (Lipinski definition) is 1. The van der Waals surface area contributed by atoms with Gasteiger partial charge < -0.3 is 5.32 Å². The van der Waals surface area contributed by atoms with Crippen LogP contribution in [0.3, 0.4) is 0 Å². The molecule has 1 aromatic carbocycles. The van der Waals surface area contributed by atoms with Crippen molar-refractivity contribution in [3.05, 3.63) is 35.4 Å². The number of hydrogen-bond acceptors (Lipinski definition) is 1. The van der Waals surface area contributed by atoms with Crippen LogP contribution < -0.4 is 5.32 Å². The molecular weight excluding hydrogens is 242 g/mol. The summed E-state index contributed by atoms with van der Waals surface area (Å²) < 4.78 is 0. The third-order valence-corrected chi connectivity index (χ3v) is 4.28. The van der Waals surface area contributed by atoms with Crippen LogP contribution >= 0.6 is 0 Å². The predicted octanol–water partition coefficient (Wildman–Crippen LogP) is 5.29. The van der Waals surface area contributed by atoms with Crippen LogP contribution in [-0.4, -0.2) is 12.1 Å². The van der Waals surface area contributed by atoms with E-state index in [0.717, 1.165) is 12.5 Å². The van der Waals surface area contributed by atoms with Crippen molar-refractivity contribution in [2.45, 2.75) is 72.3 Å². The second-order valence-electron chi connectivity index (χ2n) is 7.10. The first-order chi connectivity index (χ1) is 9.37. The molecule has 1 heteroatoms. The summed E-state index contributed by atoms with van der Waals surface area (Å²) in [5.74, 6) is 1.46. The van der Waals surface area contributed by atoms with Gasteiger partial charge in [0.05, 0.1) is 0 Å². The van der Waals surface area contributed by atoms with Crippen molar-refractivity contribution in [2.75, 3.05) is 6.54 Å². The Hall–Kier alpha value is -0.820. The van der Waals surface area contributed by atoms with E-state index in [1.54, 1.807) is 0 Å². The summed E-state index contributed by atoms with van der Waals surface area (Å²) in [6, 6.07) is 8.88. The van der Waals surface area contributed by atoms with Crippen molar-refractivity contribution in [1.82, 2.24) is 5.32 Å². The van der Waals surface area contributed by atoms with Crippen LogP contribution in [0.5, 0.6) is 0 Å². The fraction of sp³-hybridized carbons (Fsp3) is 0.684. The average molecular weight is 275 g/mol. The lowest BCUT2D eigenvalue weighted by Gasteiger charge is -2.28. The highest BCUT2D eigenvalue weighted by Crippen LogP contribution is 2.29. The van der Waals surface area contributed by atoms with Gasteiger partial charge in [0.1, 0.15) is 0 Å². The Morgan fingerprint density at radius 1 is 1.05 bits per heavy atom. The second kappa shape index (κ2) is 7.83. The summed E-state index contributed by atoms with van der Waals surface area (Å²) in [5, 5.41) is 3.70. The van der Waals surface area contributed by atoms with E-state index in [0.29, 0.717) is 5.92 Å². The molecule has 0 spiro atoms. The summed E-state index contributed by atoms with van der Waals surface area (Å²) in [6.07, 6.45) is 3.86. The molecule has 0 heterocycles. The number of nitrogens with one attached hydrogen (secondary N) is 1. The SMILES string of the molecule is CCC(CC)CC(CNC(C)(C)C)c1ccccc1C. The molecule has 0 saturated heterocycles. The van der Waals surface area contributed by atoms with Gasteiger partial charge in [0.2, 0.25) is 0 Å². The maximum absolute atomic E-state index is 3.70. The van der Waals surface area contributed by atoms with Crippen molar-refractivity contribution in [1.29, 1.82) is 0 Å². The van der Waals surface area contributed by atoms with Crippen molar-refractivity contribution in [3.8, 4) is 0 Å². The van der Waals surface area contributed by atoms with E-state index in [2.05, 4.69) is 71.1 Å². The number of aryl methyl sites for hydroxylation is 1. The van der Waals surface area contributed by atoms with Gasteiger partial charge in [0.25, 0.3) is 0 Å². The monoisotopic (exact) mass is 275 g/mol. The molecule has 20 heavy (non-hydrogen) atoms. The topological polar surface area (TPSA) is 12.0 Å². The molecule has 0 aliphatic carbocycles. The molecular formula is C19H33N. The molecule has 1 aromatic rings. The Bertz CT molecular complexity index is 385. The normalized spacial score (nSPS) is 13.8. The molecule has 114 valence electrons. The second-order valence-corrected chi connectivity index (χ2v) is 7.10. The fourth-order valence-corrected chi connectivity index (χ4v) is 2.82. The van der Waals surface area contributed by atoms with Crippen molar-refractivity contribution in [2.24, 2.45) is 5.92 Å². The Labute approximate surface area is 126 Å². The summed E-state index contributed by atoms with van der Waals surface area (Å²) in [6.45, 7) is 14.7. The lowest BCUT2D eigenvalue weighted by molar-refractivity contribution is 0.356. The average Bonchev–Trinajstić information content (AvgIpc) is 2.39. The Kier molecular flexibility index (Phi) is 6.75. The number of rotatable bonds is 7. The van der Waals surface area contributed by atoms with Crippen molar-refractivity contribution >= 4 is 0 Å². The van der Waals surface area contributed by atoms with Crippen LogP contribution in [0.2, 0.25) is 0 Å². The van der Waals surface area contributed by atoms with Crippen LogP contribution in [0.25, 0.3) is 0 Å². The quantitative estimate of drug-likeness (QED) is 0.712. The third kappa shape index (κ3) is 5.66. The third-order valence-electron chi connectivity index (χ3n) is 4.28. The van der Waals surface area contributed by atoms with Crippen LogP contribution in [0.4, 0.5) is 0 Å². The smallest absolute Gasteiger partial charge is 0.00967 e. The minimum absolute atomic E-state index is 0.189. The molecule has 0 fully saturated rings. The van der Waals surface area contributed by atoms with Gasteiger partial charge in [-0.15, -0.1) is 0 Å². The van der Waals surface area contributed by atoms with Crippen LogP contribution in [0.15, 0.2) is 24.3 Å². The Morgan fingerprint density at radius 2 is 1.65 bits per heavy atom. The van der Waals surface area contributed by atoms with Gasteiger partial charge >= 0.3 is 0 Å². The zero-order chi connectivity index (χ0) is 15.2. The van der Waals surface area contributed by atoms with Gasteiger partial charge in [-0.3, -0.25) is 0 Å². The Morgan fingerprint density at radius 3 is 2.15 bits per heavy atom. The first-order valence-corrected chi connectivity index (χ1v) is 8.18. The highest BCUT2D eigenvalue weighted by molar-refractivity contribution is 5.29. The molecule has 0 aliphatic rings. The van der Waals surface area contributed by atoms with Gasteiger partial charge in [0, 0.05) is 12.1 Å². The molecule has 0 amide bonds. The van der Waals surface area contributed by atoms with Crippen LogP contribution in [0, 0.1) is 12.8 Å². The van der Waals surface area contributed by atoms with Crippen molar-refractivity contribution < 1.29 is 0 Å². The molecule has 0 bridgehead atoms. The minimum Gasteiger partial charge on any atom is -0.311 e. The lowest BCUT2D eigenvalue weighted by Crippen LogP contribution is -2.39. The van der Waals surface area contributed by atoms with Gasteiger partial charge in [-0.05, 0) is 57.1 Å². The molecule has 0 saturated carbocycles. The summed E-state index contributed by atoms with van der Waals surface area (Å²) in [5.41, 5.74) is 3.14. The van der Waals surface area contributed by atoms with Crippen LogP contribution in [-0.2, 0) is 0 Å². The minimum atomic E-state index is 0.189. The van der Waals surface area contributed by atoms with E-state index in [1.165, 1.54) is 30.4 Å². The maximum Gasteiger partial charge on any atom is 0.00967 e. The highest BCUT2D eigenvalue weighted by atomic mass is 14.9. The van der Waals surface area contributed by atoms with E-state index < -0.39 is 0 Å². The van der Waals surface area contributed by atoms with E-state index in [9.17, 15) is 0 Å². The molecule has 1 unspecified atom stereocenters. The molecule has 1 atom stereocenters. The molecule has 0 radical (unpaired) electrons. The predicted molar refractivity (Wildman–Crippen MR) is 90.4 cm³/mol. The molecule has 0 aliphatic heterocycles. The van der Waals surface area contributed by atoms with E-state index in [-0.39, 0.29) is 5.54 Å². The first kappa shape index (κ1) is 17.2. The summed E-state index contributed by atoms with van der Waals surface area (Å²) in [7, 11) is 0. The van der Waals surface area contributed by atoms with Gasteiger partial charge in [0.15, 0.2) is 0 Å². The first-order valence-electron chi connectivity index (χ1n) is 8.18.